The lowest BCUT2D eigenvalue weighted by molar-refractivity contribution is 0.356. The van der Waals surface area contributed by atoms with Gasteiger partial charge in [0, 0.05) is 19.2 Å². The van der Waals surface area contributed by atoms with Crippen molar-refractivity contribution in [2.45, 2.75) is 0 Å². The third kappa shape index (κ3) is 1.75. The van der Waals surface area contributed by atoms with Gasteiger partial charge < -0.3 is 20.2 Å². The summed E-state index contributed by atoms with van der Waals surface area (Å²) in [5, 5.41) is 4.11. The molecule has 0 aliphatic carbocycles. The number of nitrogens with one attached hydrogen (secondary N) is 1. The highest BCUT2D eigenvalue weighted by molar-refractivity contribution is 5.84. The van der Waals surface area contributed by atoms with Crippen LogP contribution in [-0.2, 0) is 7.05 Å². The third-order valence-corrected chi connectivity index (χ3v) is 3.23. The van der Waals surface area contributed by atoms with E-state index in [-0.39, 0.29) is 0 Å². The molecule has 3 rings (SSSR count). The van der Waals surface area contributed by atoms with Crippen molar-refractivity contribution in [1.29, 1.82) is 0 Å². The van der Waals surface area contributed by atoms with Crippen LogP contribution < -0.4 is 15.2 Å². The molecule has 0 fully saturated rings. The number of H-pyrrole nitrogens is 1. The Morgan fingerprint density at radius 2 is 1.90 bits per heavy atom. The number of hydrogen-bond acceptors (Lipinski definition) is 5. The molecule has 0 atom stereocenters. The van der Waals surface area contributed by atoms with Gasteiger partial charge in [0.1, 0.15) is 11.6 Å². The molecule has 3 N–H and O–H groups in total. The average Bonchev–Trinajstić information content (AvgIpc) is 3.01. The van der Waals surface area contributed by atoms with Crippen LogP contribution in [0.2, 0.25) is 0 Å². The molecule has 2 heterocycles. The minimum atomic E-state index is 0.558. The number of aromatic amines is 1. The van der Waals surface area contributed by atoms with E-state index in [1.165, 1.54) is 0 Å². The number of hydrogen-bond donors (Lipinski definition) is 2. The lowest BCUT2D eigenvalue weighted by Gasteiger charge is -2.06. The number of rotatable bonds is 3. The molecule has 0 amide bonds. The molecule has 20 heavy (non-hydrogen) atoms. The van der Waals surface area contributed by atoms with E-state index in [0.717, 1.165) is 16.6 Å². The summed E-state index contributed by atoms with van der Waals surface area (Å²) in [4.78, 5) is 7.73. The first-order valence-electron chi connectivity index (χ1n) is 6.03. The minimum absolute atomic E-state index is 0.558. The fourth-order valence-corrected chi connectivity index (χ4v) is 2.09. The fourth-order valence-electron chi connectivity index (χ4n) is 2.09. The highest BCUT2D eigenvalue weighted by Gasteiger charge is 2.14. The van der Waals surface area contributed by atoms with Gasteiger partial charge in [-0.25, -0.2) is 4.98 Å². The summed E-state index contributed by atoms with van der Waals surface area (Å²) in [5.41, 5.74) is 8.35. The van der Waals surface area contributed by atoms with Crippen LogP contribution in [0.5, 0.6) is 11.5 Å². The Hall–Kier alpha value is -2.70. The second-order valence-electron chi connectivity index (χ2n) is 4.38. The molecule has 7 nitrogen and oxygen atoms in total. The zero-order valence-electron chi connectivity index (χ0n) is 11.5. The first kappa shape index (κ1) is 12.3. The van der Waals surface area contributed by atoms with Gasteiger partial charge in [-0.2, -0.15) is 5.10 Å². The largest absolute Gasteiger partial charge is 0.493 e. The monoisotopic (exact) mass is 273 g/mol. The third-order valence-electron chi connectivity index (χ3n) is 3.23. The summed E-state index contributed by atoms with van der Waals surface area (Å²) in [6.45, 7) is 0. The van der Waals surface area contributed by atoms with Crippen molar-refractivity contribution in [2.24, 2.45) is 7.05 Å². The van der Waals surface area contributed by atoms with Gasteiger partial charge in [0.05, 0.1) is 37.0 Å². The number of ether oxygens (including phenoxy) is 2. The van der Waals surface area contributed by atoms with E-state index in [1.807, 2.05) is 12.1 Å². The van der Waals surface area contributed by atoms with E-state index in [2.05, 4.69) is 15.1 Å². The van der Waals surface area contributed by atoms with Crippen LogP contribution >= 0.6 is 0 Å². The second-order valence-corrected chi connectivity index (χ2v) is 4.38. The molecule has 7 heteroatoms. The summed E-state index contributed by atoms with van der Waals surface area (Å²) < 4.78 is 12.1. The van der Waals surface area contributed by atoms with E-state index >= 15 is 0 Å². The molecular weight excluding hydrogens is 258 g/mol. The molecule has 0 aliphatic rings. The molecule has 0 spiro atoms. The number of nitrogens with two attached hydrogens (primary N) is 1. The number of methoxy groups -OCH3 is 2. The molecular formula is C13H15N5O2. The summed E-state index contributed by atoms with van der Waals surface area (Å²) in [7, 11) is 4.98. The zero-order chi connectivity index (χ0) is 14.3. The quantitative estimate of drug-likeness (QED) is 0.755. The molecule has 0 saturated heterocycles. The Balaban J connectivity index is 2.18. The van der Waals surface area contributed by atoms with E-state index in [4.69, 9.17) is 15.2 Å². The van der Waals surface area contributed by atoms with Crippen molar-refractivity contribution in [3.8, 4) is 22.9 Å². The maximum absolute atomic E-state index is 5.96. The van der Waals surface area contributed by atoms with Gasteiger partial charge in [-0.3, -0.25) is 4.68 Å². The molecule has 0 aliphatic heterocycles. The predicted molar refractivity (Wildman–Crippen MR) is 75.8 cm³/mol. The van der Waals surface area contributed by atoms with E-state index < -0.39 is 0 Å². The molecule has 1 aromatic carbocycles. The Kier molecular flexibility index (Phi) is 2.74. The predicted octanol–water partition coefficient (Wildman–Crippen LogP) is 1.56. The first-order chi connectivity index (χ1) is 9.63. The van der Waals surface area contributed by atoms with Crippen molar-refractivity contribution in [3.63, 3.8) is 0 Å². The summed E-state index contributed by atoms with van der Waals surface area (Å²) in [6, 6.07) is 3.66. The Morgan fingerprint density at radius 3 is 2.50 bits per heavy atom. The first-order valence-corrected chi connectivity index (χ1v) is 6.03. The Morgan fingerprint density at radius 1 is 1.20 bits per heavy atom. The standard InChI is InChI=1S/C13H15N5O2/c1-18-12(14)7(6-15-18)13-16-8-4-10(19-2)11(20-3)5-9(8)17-13/h4-6H,14H2,1-3H3,(H,16,17). The number of aryl methyl sites for hydroxylation is 1. The van der Waals surface area contributed by atoms with Crippen LogP contribution in [0, 0.1) is 0 Å². The SMILES string of the molecule is COc1cc2nc(-c3cnn(C)c3N)[nH]c2cc1OC. The lowest BCUT2D eigenvalue weighted by Crippen LogP contribution is -1.98. The number of aromatic nitrogens is 4. The Bertz CT molecular complexity index is 734. The van der Waals surface area contributed by atoms with Crippen LogP contribution in [0.1, 0.15) is 0 Å². The van der Waals surface area contributed by atoms with Gasteiger partial charge in [-0.15, -0.1) is 0 Å². The van der Waals surface area contributed by atoms with Crippen LogP contribution in [0.25, 0.3) is 22.4 Å². The lowest BCUT2D eigenvalue weighted by atomic mass is 10.3. The van der Waals surface area contributed by atoms with Gasteiger partial charge in [0.2, 0.25) is 0 Å². The van der Waals surface area contributed by atoms with Crippen LogP contribution in [-0.4, -0.2) is 34.0 Å². The second kappa shape index (κ2) is 4.44. The number of nitrogen functional groups attached to an aromatic ring is 1. The maximum Gasteiger partial charge on any atom is 0.163 e. The van der Waals surface area contributed by atoms with Crippen LogP contribution in [0.3, 0.4) is 0 Å². The number of imidazole rings is 1. The van der Waals surface area contributed by atoms with E-state index in [1.54, 1.807) is 32.1 Å². The van der Waals surface area contributed by atoms with Crippen molar-refractivity contribution in [3.05, 3.63) is 18.3 Å². The van der Waals surface area contributed by atoms with Gasteiger partial charge in [-0.1, -0.05) is 0 Å². The van der Waals surface area contributed by atoms with Gasteiger partial charge in [0.25, 0.3) is 0 Å². The van der Waals surface area contributed by atoms with Gasteiger partial charge in [-0.05, 0) is 0 Å². The number of anilines is 1. The number of fused-ring (bicyclic) bond motifs is 1. The van der Waals surface area contributed by atoms with Crippen LogP contribution in [0.4, 0.5) is 5.82 Å². The van der Waals surface area contributed by atoms with Crippen molar-refractivity contribution in [1.82, 2.24) is 19.7 Å². The Labute approximate surface area is 115 Å². The van der Waals surface area contributed by atoms with Gasteiger partial charge in [0.15, 0.2) is 11.5 Å². The molecule has 0 radical (unpaired) electrons. The average molecular weight is 273 g/mol. The fraction of sp³-hybridized carbons (Fsp3) is 0.231. The normalized spacial score (nSPS) is 10.9. The van der Waals surface area contributed by atoms with Crippen LogP contribution in [0.15, 0.2) is 18.3 Å². The van der Waals surface area contributed by atoms with Crippen molar-refractivity contribution < 1.29 is 9.47 Å². The molecule has 2 aromatic heterocycles. The molecule has 104 valence electrons. The minimum Gasteiger partial charge on any atom is -0.493 e. The molecule has 0 unspecified atom stereocenters. The highest BCUT2D eigenvalue weighted by atomic mass is 16.5. The maximum atomic E-state index is 5.96. The molecule has 0 bridgehead atoms. The van der Waals surface area contributed by atoms with E-state index in [0.29, 0.717) is 23.1 Å². The smallest absolute Gasteiger partial charge is 0.163 e. The molecule has 0 saturated carbocycles. The van der Waals surface area contributed by atoms with E-state index in [9.17, 15) is 0 Å². The number of nitrogens with zero attached hydrogens (tertiary/aromatic N) is 3. The van der Waals surface area contributed by atoms with Crippen molar-refractivity contribution >= 4 is 16.9 Å². The van der Waals surface area contributed by atoms with Gasteiger partial charge >= 0.3 is 0 Å². The molecule has 3 aromatic rings. The summed E-state index contributed by atoms with van der Waals surface area (Å²) in [6.07, 6.45) is 1.68. The summed E-state index contributed by atoms with van der Waals surface area (Å²) in [5.74, 6) is 2.51. The highest BCUT2D eigenvalue weighted by Crippen LogP contribution is 2.33. The zero-order valence-corrected chi connectivity index (χ0v) is 11.5. The van der Waals surface area contributed by atoms with Crippen molar-refractivity contribution in [2.75, 3.05) is 20.0 Å². The summed E-state index contributed by atoms with van der Waals surface area (Å²) >= 11 is 0. The number of benzene rings is 1. The topological polar surface area (TPSA) is 91.0 Å².